The number of rotatable bonds is 9. The Labute approximate surface area is 303 Å². The van der Waals surface area contributed by atoms with Crippen LogP contribution in [0.25, 0.3) is 42.2 Å². The number of fused-ring (bicyclic) bond motifs is 5. The van der Waals surface area contributed by atoms with Crippen LogP contribution in [0.15, 0.2) is 54.3 Å². The van der Waals surface area contributed by atoms with Crippen LogP contribution in [0.1, 0.15) is 101 Å². The predicted octanol–water partition coefficient (Wildman–Crippen LogP) is 11.8. The molecule has 0 fully saturated rings. The van der Waals surface area contributed by atoms with Crippen LogP contribution in [-0.4, -0.2) is 21.1 Å². The van der Waals surface area contributed by atoms with E-state index >= 15 is 0 Å². The summed E-state index contributed by atoms with van der Waals surface area (Å²) in [5.74, 6) is 0.547. The van der Waals surface area contributed by atoms with E-state index in [4.69, 9.17) is 4.11 Å². The summed E-state index contributed by atoms with van der Waals surface area (Å²) in [4.78, 5) is 11.7. The molecule has 0 atom stereocenters. The van der Waals surface area contributed by atoms with Gasteiger partial charge in [0.05, 0.1) is 11.5 Å². The van der Waals surface area contributed by atoms with Crippen LogP contribution in [-0.2, 0) is 31.3 Å². The van der Waals surface area contributed by atoms with Gasteiger partial charge in [0, 0.05) is 68.0 Å². The first-order chi connectivity index (χ1) is 23.0. The number of thiophene rings is 1. The molecule has 0 aliphatic heterocycles. The van der Waals surface area contributed by atoms with E-state index in [1.807, 2.05) is 53.7 Å². The molecular weight excluding hydrogens is 777 g/mol. The third kappa shape index (κ3) is 9.16. The van der Waals surface area contributed by atoms with Crippen molar-refractivity contribution in [3.8, 4) is 11.3 Å². The molecule has 2 aromatic heterocycles. The van der Waals surface area contributed by atoms with Crippen molar-refractivity contribution in [2.75, 3.05) is 0 Å². The van der Waals surface area contributed by atoms with E-state index in [1.165, 1.54) is 11.6 Å². The van der Waals surface area contributed by atoms with Gasteiger partial charge >= 0.3 is 0 Å². The number of aromatic nitrogens is 2. The number of hydrogen-bond donors (Lipinski definition) is 1. The zero-order chi connectivity index (χ0) is 36.3. The smallest absolute Gasteiger partial charge is 0.162 e. The average molecular weight is 831 g/mol. The minimum Gasteiger partial charge on any atom is -0.512 e. The number of allylic oxidation sites excluding steroid dienone is 2. The molecule has 0 unspecified atom stereocenters. The normalized spacial score (nSPS) is 13.3. The van der Waals surface area contributed by atoms with Gasteiger partial charge in [-0.05, 0) is 60.7 Å². The number of carbonyl (C=O) groups is 1. The molecular formula is C41H51IrN2O2S-. The molecule has 1 radical (unpaired) electrons. The molecule has 0 saturated heterocycles. The van der Waals surface area contributed by atoms with Gasteiger partial charge in [0.1, 0.15) is 0 Å². The number of ketones is 1. The quantitative estimate of drug-likeness (QED) is 0.0913. The molecule has 0 saturated carbocycles. The van der Waals surface area contributed by atoms with Crippen molar-refractivity contribution in [2.45, 2.75) is 101 Å². The third-order valence-corrected chi connectivity index (χ3v) is 9.90. The maximum Gasteiger partial charge on any atom is 0.162 e. The molecule has 2 heterocycles. The number of aliphatic hydroxyl groups is 1. The Kier molecular flexibility index (Phi) is 11.9. The van der Waals surface area contributed by atoms with Crippen molar-refractivity contribution in [1.29, 1.82) is 0 Å². The molecule has 253 valence electrons. The van der Waals surface area contributed by atoms with Gasteiger partial charge < -0.3 is 5.11 Å². The molecule has 5 aromatic rings. The number of nitrogens with zero attached hydrogens (tertiary/aromatic N) is 2. The van der Waals surface area contributed by atoms with Crippen molar-refractivity contribution < 1.29 is 34.1 Å². The van der Waals surface area contributed by atoms with E-state index in [2.05, 4.69) is 67.4 Å². The zero-order valence-corrected chi connectivity index (χ0v) is 32.5. The van der Waals surface area contributed by atoms with Gasteiger partial charge in [0.15, 0.2) is 5.78 Å². The van der Waals surface area contributed by atoms with Gasteiger partial charge in [-0.15, -0.1) is 46.2 Å². The summed E-state index contributed by atoms with van der Waals surface area (Å²) >= 11 is 1.60. The molecule has 1 N–H and O–H groups in total. The summed E-state index contributed by atoms with van der Waals surface area (Å²) in [6, 6.07) is 18.3. The summed E-state index contributed by atoms with van der Waals surface area (Å²) in [5.41, 5.74) is 5.23. The Morgan fingerprint density at radius 3 is 2.19 bits per heavy atom. The van der Waals surface area contributed by atoms with Crippen LogP contribution < -0.4 is 0 Å². The summed E-state index contributed by atoms with van der Waals surface area (Å²) in [5, 5.41) is 22.3. The zero-order valence-electron chi connectivity index (χ0n) is 32.3. The number of hydrogen-bond acceptors (Lipinski definition) is 5. The Morgan fingerprint density at radius 2 is 1.60 bits per heavy atom. The first kappa shape index (κ1) is 34.0. The van der Waals surface area contributed by atoms with E-state index < -0.39 is 6.85 Å². The van der Waals surface area contributed by atoms with Crippen molar-refractivity contribution in [3.63, 3.8) is 0 Å². The van der Waals surface area contributed by atoms with Crippen molar-refractivity contribution in [3.05, 3.63) is 82.8 Å². The van der Waals surface area contributed by atoms with Crippen LogP contribution >= 0.6 is 11.3 Å². The number of benzene rings is 3. The van der Waals surface area contributed by atoms with E-state index in [0.717, 1.165) is 74.4 Å². The van der Waals surface area contributed by atoms with Crippen molar-refractivity contribution in [1.82, 2.24) is 10.2 Å². The average Bonchev–Trinajstić information content (AvgIpc) is 3.40. The van der Waals surface area contributed by atoms with Gasteiger partial charge in [-0.25, -0.2) is 0 Å². The maximum absolute atomic E-state index is 11.7. The van der Waals surface area contributed by atoms with E-state index in [9.17, 15) is 9.90 Å². The molecule has 0 aliphatic carbocycles. The summed E-state index contributed by atoms with van der Waals surface area (Å²) in [6.07, 6.45) is 5.90. The van der Waals surface area contributed by atoms with Gasteiger partial charge in [-0.1, -0.05) is 92.6 Å². The van der Waals surface area contributed by atoms with Crippen molar-refractivity contribution >= 4 is 48.1 Å². The fraction of sp³-hybridized carbons (Fsp3) is 0.439. The molecule has 0 bridgehead atoms. The molecule has 4 nitrogen and oxygen atoms in total. The molecule has 47 heavy (non-hydrogen) atoms. The third-order valence-electron chi connectivity index (χ3n) is 8.66. The SMILES string of the molecule is CCC(CC)C(=O)/C=C(\O)C(CC)CC.[2H]C([2H])([2H])c1nnc(-c2[c-]c(C)cc(C)c2)c2sc3c4ccc(CC(C)(C)C)cc4ccc3c12.[Ir]. The minimum absolute atomic E-state index is 0. The van der Waals surface area contributed by atoms with Crippen molar-refractivity contribution in [2.24, 2.45) is 17.3 Å². The van der Waals surface area contributed by atoms with Crippen LogP contribution in [0.3, 0.4) is 0 Å². The van der Waals surface area contributed by atoms with E-state index in [0.29, 0.717) is 11.1 Å². The fourth-order valence-corrected chi connectivity index (χ4v) is 7.57. The number of carbonyl (C=O) groups excluding carboxylic acids is 1. The molecule has 3 aromatic carbocycles. The maximum atomic E-state index is 11.7. The van der Waals surface area contributed by atoms with Gasteiger partial charge in [-0.2, -0.15) is 10.2 Å². The molecule has 6 heteroatoms. The number of aliphatic hydroxyl groups excluding tert-OH is 1. The van der Waals surface area contributed by atoms with Crippen LogP contribution in [0, 0.1) is 44.0 Å². The summed E-state index contributed by atoms with van der Waals surface area (Å²) in [7, 11) is 0. The second-order valence-corrected chi connectivity index (χ2v) is 14.7. The number of aryl methyl sites for hydroxylation is 3. The molecule has 0 aliphatic rings. The predicted molar refractivity (Wildman–Crippen MR) is 198 cm³/mol. The van der Waals surface area contributed by atoms with Crippen LogP contribution in [0.2, 0.25) is 0 Å². The molecule has 0 spiro atoms. The Morgan fingerprint density at radius 1 is 0.936 bits per heavy atom. The Bertz CT molecular complexity index is 1960. The monoisotopic (exact) mass is 831 g/mol. The van der Waals surface area contributed by atoms with Gasteiger partial charge in [0.2, 0.25) is 0 Å². The Hall–Kier alpha value is -2.92. The molecule has 5 rings (SSSR count). The Balaban J connectivity index is 0.000000361. The first-order valence-electron chi connectivity index (χ1n) is 18.1. The van der Waals surface area contributed by atoms with E-state index in [-0.39, 0.29) is 54.6 Å². The first-order valence-corrected chi connectivity index (χ1v) is 17.4. The fourth-order valence-electron chi connectivity index (χ4n) is 6.23. The largest absolute Gasteiger partial charge is 0.512 e. The summed E-state index contributed by atoms with van der Waals surface area (Å²) < 4.78 is 26.3. The molecule has 0 amide bonds. The standard InChI is InChI=1S/C28H27N2S.C13H24O2.Ir/c1-16-11-17(2)13-21(12-16)25-27-24(18(3)29-30-25)23-10-8-20-14-19(15-28(4,5)6)7-9-22(20)26(23)31-27;1-5-10(6-2)12(14)9-13(15)11(7-3)8-4;/h7-12,14H,15H2,1-6H3;9-11,14H,5-8H2,1-4H3;/q-1;;/b;12-9-;/i3D3;;. The van der Waals surface area contributed by atoms with Gasteiger partial charge in [-0.3, -0.25) is 4.79 Å². The summed E-state index contributed by atoms with van der Waals surface area (Å²) in [6.45, 7) is 16.5. The van der Waals surface area contributed by atoms with E-state index in [1.54, 1.807) is 11.3 Å². The van der Waals surface area contributed by atoms with Crippen LogP contribution in [0.5, 0.6) is 0 Å². The van der Waals surface area contributed by atoms with Gasteiger partial charge in [0.25, 0.3) is 0 Å². The van der Waals surface area contributed by atoms with Crippen LogP contribution in [0.4, 0.5) is 0 Å². The minimum atomic E-state index is -2.35. The second-order valence-electron chi connectivity index (χ2n) is 13.7. The topological polar surface area (TPSA) is 63.1 Å². The second kappa shape index (κ2) is 16.5.